The predicted molar refractivity (Wildman–Crippen MR) is 76.7 cm³/mol. The van der Waals surface area contributed by atoms with Crippen LogP contribution in [0.25, 0.3) is 0 Å². The summed E-state index contributed by atoms with van der Waals surface area (Å²) in [5.74, 6) is -0.844. The molecule has 0 aliphatic carbocycles. The summed E-state index contributed by atoms with van der Waals surface area (Å²) in [6, 6.07) is 3.10. The number of hydrogen-bond donors (Lipinski definition) is 1. The van der Waals surface area contributed by atoms with Gasteiger partial charge in [-0.15, -0.1) is 0 Å². The second-order valence-corrected chi connectivity index (χ2v) is 7.23. The van der Waals surface area contributed by atoms with Crippen molar-refractivity contribution in [2.24, 2.45) is 11.1 Å². The van der Waals surface area contributed by atoms with E-state index >= 15 is 0 Å². The molecule has 1 unspecified atom stereocenters. The van der Waals surface area contributed by atoms with Crippen molar-refractivity contribution >= 4 is 15.9 Å². The lowest BCUT2D eigenvalue weighted by atomic mass is 10.0. The molecule has 2 rings (SSSR count). The van der Waals surface area contributed by atoms with Crippen molar-refractivity contribution in [3.63, 3.8) is 0 Å². The number of halogens is 1. The quantitative estimate of drug-likeness (QED) is 0.922. The van der Waals surface area contributed by atoms with Gasteiger partial charge in [-0.3, -0.25) is 4.79 Å². The number of carbonyl (C=O) groups excluding carboxylic acids is 1. The van der Waals surface area contributed by atoms with E-state index in [9.17, 15) is 17.6 Å². The largest absolute Gasteiger partial charge is 0.335 e. The van der Waals surface area contributed by atoms with Gasteiger partial charge in [-0.2, -0.15) is 0 Å². The normalized spacial score (nSPS) is 19.3. The molecule has 5 nitrogen and oxygen atoms in total. The fraction of sp³-hybridized carbons (Fsp3) is 0.500. The fourth-order valence-electron chi connectivity index (χ4n) is 2.75. The lowest BCUT2D eigenvalue weighted by molar-refractivity contribution is 0.0701. The first kappa shape index (κ1) is 15.9. The van der Waals surface area contributed by atoms with E-state index in [0.717, 1.165) is 31.0 Å². The second-order valence-electron chi connectivity index (χ2n) is 5.67. The van der Waals surface area contributed by atoms with Crippen molar-refractivity contribution in [3.05, 3.63) is 29.6 Å². The van der Waals surface area contributed by atoms with E-state index in [1.54, 1.807) is 4.90 Å². The third-order valence-corrected chi connectivity index (χ3v) is 4.67. The van der Waals surface area contributed by atoms with Gasteiger partial charge in [0, 0.05) is 18.2 Å². The van der Waals surface area contributed by atoms with E-state index in [4.69, 9.17) is 5.14 Å². The third-order valence-electron chi connectivity index (χ3n) is 3.78. The second kappa shape index (κ2) is 5.73. The molecule has 116 valence electrons. The SMILES string of the molecule is CC(C)C1CCCN1C(=O)c1cc(F)cc(S(N)(=O)=O)c1. The lowest BCUT2D eigenvalue weighted by Crippen LogP contribution is -2.38. The molecule has 0 aromatic heterocycles. The Balaban J connectivity index is 2.38. The van der Waals surface area contributed by atoms with Crippen LogP contribution >= 0.6 is 0 Å². The highest BCUT2D eigenvalue weighted by Crippen LogP contribution is 2.26. The van der Waals surface area contributed by atoms with E-state index in [1.807, 2.05) is 13.8 Å². The maximum absolute atomic E-state index is 13.6. The van der Waals surface area contributed by atoms with E-state index < -0.39 is 15.8 Å². The number of nitrogens with two attached hydrogens (primary N) is 1. The Labute approximate surface area is 124 Å². The van der Waals surface area contributed by atoms with Gasteiger partial charge in [0.15, 0.2) is 0 Å². The molecule has 2 N–H and O–H groups in total. The van der Waals surface area contributed by atoms with Crippen molar-refractivity contribution in [2.75, 3.05) is 6.54 Å². The van der Waals surface area contributed by atoms with Crippen LogP contribution in [-0.4, -0.2) is 31.8 Å². The minimum Gasteiger partial charge on any atom is -0.335 e. The Morgan fingerprint density at radius 1 is 1.38 bits per heavy atom. The molecule has 1 aromatic carbocycles. The van der Waals surface area contributed by atoms with Crippen LogP contribution in [0.4, 0.5) is 4.39 Å². The summed E-state index contributed by atoms with van der Waals surface area (Å²) in [5.41, 5.74) is 0.0200. The molecule has 1 aliphatic rings. The fourth-order valence-corrected chi connectivity index (χ4v) is 3.32. The maximum Gasteiger partial charge on any atom is 0.254 e. The number of sulfonamides is 1. The first-order valence-electron chi connectivity index (χ1n) is 6.84. The van der Waals surface area contributed by atoms with Crippen molar-refractivity contribution in [1.82, 2.24) is 4.90 Å². The molecule has 1 fully saturated rings. The Bertz CT molecular complexity index is 658. The zero-order chi connectivity index (χ0) is 15.8. The minimum absolute atomic E-state index is 0.0200. The molecule has 1 aliphatic heterocycles. The minimum atomic E-state index is -4.05. The smallest absolute Gasteiger partial charge is 0.254 e. The molecule has 21 heavy (non-hydrogen) atoms. The summed E-state index contributed by atoms with van der Waals surface area (Å²) in [6.45, 7) is 4.65. The van der Waals surface area contributed by atoms with Crippen LogP contribution in [0, 0.1) is 11.7 Å². The molecule has 1 amide bonds. The van der Waals surface area contributed by atoms with Gasteiger partial charge in [0.1, 0.15) is 5.82 Å². The molecule has 1 aromatic rings. The summed E-state index contributed by atoms with van der Waals surface area (Å²) >= 11 is 0. The van der Waals surface area contributed by atoms with Crippen LogP contribution < -0.4 is 5.14 Å². The first-order valence-corrected chi connectivity index (χ1v) is 8.39. The zero-order valence-corrected chi connectivity index (χ0v) is 12.9. The molecule has 1 saturated heterocycles. The molecular formula is C14H19FN2O3S. The number of carbonyl (C=O) groups is 1. The summed E-state index contributed by atoms with van der Waals surface area (Å²) < 4.78 is 36.3. The van der Waals surface area contributed by atoms with Crippen LogP contribution in [0.1, 0.15) is 37.0 Å². The average Bonchev–Trinajstić information content (AvgIpc) is 2.85. The number of benzene rings is 1. The highest BCUT2D eigenvalue weighted by atomic mass is 32.2. The van der Waals surface area contributed by atoms with Gasteiger partial charge in [0.2, 0.25) is 10.0 Å². The Morgan fingerprint density at radius 3 is 2.62 bits per heavy atom. The Hall–Kier alpha value is -1.47. The van der Waals surface area contributed by atoms with Crippen LogP contribution in [-0.2, 0) is 10.0 Å². The van der Waals surface area contributed by atoms with Gasteiger partial charge in [0.25, 0.3) is 5.91 Å². The number of hydrogen-bond acceptors (Lipinski definition) is 3. The molecule has 0 saturated carbocycles. The van der Waals surface area contributed by atoms with Crippen LogP contribution in [0.15, 0.2) is 23.1 Å². The van der Waals surface area contributed by atoms with Crippen molar-refractivity contribution < 1.29 is 17.6 Å². The molecule has 0 spiro atoms. The third kappa shape index (κ3) is 3.41. The van der Waals surface area contributed by atoms with Gasteiger partial charge in [-0.25, -0.2) is 17.9 Å². The van der Waals surface area contributed by atoms with Gasteiger partial charge in [-0.1, -0.05) is 13.8 Å². The van der Waals surface area contributed by atoms with Crippen molar-refractivity contribution in [3.8, 4) is 0 Å². The lowest BCUT2D eigenvalue weighted by Gasteiger charge is -2.27. The van der Waals surface area contributed by atoms with Crippen LogP contribution in [0.5, 0.6) is 0 Å². The first-order chi connectivity index (χ1) is 9.70. The van der Waals surface area contributed by atoms with E-state index in [-0.39, 0.29) is 22.4 Å². The highest BCUT2D eigenvalue weighted by molar-refractivity contribution is 7.89. The number of likely N-dealkylation sites (tertiary alicyclic amines) is 1. The van der Waals surface area contributed by atoms with E-state index in [2.05, 4.69) is 0 Å². The molecule has 1 heterocycles. The number of nitrogens with zero attached hydrogens (tertiary/aromatic N) is 1. The maximum atomic E-state index is 13.6. The number of amides is 1. The molecule has 0 radical (unpaired) electrons. The Morgan fingerprint density at radius 2 is 2.05 bits per heavy atom. The van der Waals surface area contributed by atoms with Crippen molar-refractivity contribution in [1.29, 1.82) is 0 Å². The average molecular weight is 314 g/mol. The van der Waals surface area contributed by atoms with Crippen LogP contribution in [0.3, 0.4) is 0 Å². The summed E-state index contributed by atoms with van der Waals surface area (Å²) in [7, 11) is -4.05. The monoisotopic (exact) mass is 314 g/mol. The summed E-state index contributed by atoms with van der Waals surface area (Å²) in [5, 5.41) is 5.00. The molecule has 7 heteroatoms. The van der Waals surface area contributed by atoms with Gasteiger partial charge < -0.3 is 4.90 Å². The van der Waals surface area contributed by atoms with Gasteiger partial charge >= 0.3 is 0 Å². The van der Waals surface area contributed by atoms with Crippen molar-refractivity contribution in [2.45, 2.75) is 37.6 Å². The predicted octanol–water partition coefficient (Wildman–Crippen LogP) is 1.73. The molecule has 0 bridgehead atoms. The number of primary sulfonamides is 1. The summed E-state index contributed by atoms with van der Waals surface area (Å²) in [4.78, 5) is 13.8. The van der Waals surface area contributed by atoms with Crippen LogP contribution in [0.2, 0.25) is 0 Å². The topological polar surface area (TPSA) is 80.5 Å². The molecule has 1 atom stereocenters. The molecular weight excluding hydrogens is 295 g/mol. The van der Waals surface area contributed by atoms with Gasteiger partial charge in [0.05, 0.1) is 4.90 Å². The standard InChI is InChI=1S/C14H19FN2O3S/c1-9(2)13-4-3-5-17(13)14(18)10-6-11(15)8-12(7-10)21(16,19)20/h6-9,13H,3-5H2,1-2H3,(H2,16,19,20). The number of rotatable bonds is 3. The highest BCUT2D eigenvalue weighted by Gasteiger charge is 2.31. The van der Waals surface area contributed by atoms with E-state index in [1.165, 1.54) is 0 Å². The zero-order valence-electron chi connectivity index (χ0n) is 12.0. The summed E-state index contributed by atoms with van der Waals surface area (Å²) in [6.07, 6.45) is 1.80. The van der Waals surface area contributed by atoms with Gasteiger partial charge in [-0.05, 0) is 37.0 Å². The van der Waals surface area contributed by atoms with E-state index in [0.29, 0.717) is 12.5 Å². The Kier molecular flexibility index (Phi) is 4.34.